The predicted molar refractivity (Wildman–Crippen MR) is 69.8 cm³/mol. The Bertz CT molecular complexity index is 462. The topological polar surface area (TPSA) is 117 Å². The van der Waals surface area contributed by atoms with Gasteiger partial charge >= 0.3 is 0 Å². The van der Waals surface area contributed by atoms with Crippen molar-refractivity contribution in [2.45, 2.75) is 0 Å². The molecule has 0 unspecified atom stereocenters. The van der Waals surface area contributed by atoms with Gasteiger partial charge in [0.25, 0.3) is 11.8 Å². The van der Waals surface area contributed by atoms with Crippen molar-refractivity contribution in [2.24, 2.45) is 5.73 Å². The van der Waals surface area contributed by atoms with Crippen LogP contribution in [0.25, 0.3) is 0 Å². The lowest BCUT2D eigenvalue weighted by Crippen LogP contribution is -2.31. The van der Waals surface area contributed by atoms with Gasteiger partial charge in [0, 0.05) is 13.7 Å². The van der Waals surface area contributed by atoms with E-state index in [9.17, 15) is 9.59 Å². The molecule has 5 N–H and O–H groups in total. The minimum Gasteiger partial charge on any atom is -0.481 e. The molecule has 0 aliphatic heterocycles. The van der Waals surface area contributed by atoms with E-state index in [1.807, 2.05) is 0 Å². The summed E-state index contributed by atoms with van der Waals surface area (Å²) in [6.45, 7) is 0.537. The van der Waals surface area contributed by atoms with E-state index in [1.165, 1.54) is 13.2 Å². The summed E-state index contributed by atoms with van der Waals surface area (Å²) in [5.41, 5.74) is 11.3. The van der Waals surface area contributed by atoms with Gasteiger partial charge in [-0.3, -0.25) is 9.59 Å². The first kappa shape index (κ1) is 14.8. The molecule has 0 saturated heterocycles. The number of ether oxygens (including phenoxy) is 2. The molecule has 0 aromatic heterocycles. The number of methoxy groups -OCH3 is 1. The number of carbonyl (C=O) groups is 2. The minimum absolute atomic E-state index is 0.122. The Morgan fingerprint density at radius 3 is 2.74 bits per heavy atom. The van der Waals surface area contributed by atoms with Gasteiger partial charge in [-0.15, -0.1) is 0 Å². The molecule has 0 saturated carbocycles. The van der Waals surface area contributed by atoms with Crippen LogP contribution in [0.1, 0.15) is 10.4 Å². The SMILES string of the molecule is COCCNC(=O)COc1c(N)cccc1C(N)=O. The molecule has 1 aromatic carbocycles. The molecule has 1 rings (SSSR count). The predicted octanol–water partition coefficient (Wildman–Crippen LogP) is -0.491. The maximum absolute atomic E-state index is 11.4. The summed E-state index contributed by atoms with van der Waals surface area (Å²) >= 11 is 0. The average Bonchev–Trinajstić information content (AvgIpc) is 2.37. The normalized spacial score (nSPS) is 9.95. The molecular weight excluding hydrogens is 250 g/mol. The van der Waals surface area contributed by atoms with Crippen LogP contribution in [0.4, 0.5) is 5.69 Å². The summed E-state index contributed by atoms with van der Waals surface area (Å²) in [6, 6.07) is 4.63. The molecule has 0 bridgehead atoms. The number of nitrogens with two attached hydrogens (primary N) is 2. The van der Waals surface area contributed by atoms with Crippen LogP contribution in [0, 0.1) is 0 Å². The number of para-hydroxylation sites is 1. The molecule has 7 heteroatoms. The smallest absolute Gasteiger partial charge is 0.258 e. The van der Waals surface area contributed by atoms with Crippen LogP contribution in [-0.4, -0.2) is 38.7 Å². The van der Waals surface area contributed by atoms with Crippen molar-refractivity contribution in [1.29, 1.82) is 0 Å². The van der Waals surface area contributed by atoms with Crippen LogP contribution in [0.15, 0.2) is 18.2 Å². The van der Waals surface area contributed by atoms with Gasteiger partial charge in [0.2, 0.25) is 0 Å². The van der Waals surface area contributed by atoms with E-state index >= 15 is 0 Å². The Morgan fingerprint density at radius 2 is 2.11 bits per heavy atom. The zero-order valence-electron chi connectivity index (χ0n) is 10.6. The lowest BCUT2D eigenvalue weighted by atomic mass is 10.1. The zero-order chi connectivity index (χ0) is 14.3. The van der Waals surface area contributed by atoms with E-state index < -0.39 is 5.91 Å². The molecule has 0 atom stereocenters. The van der Waals surface area contributed by atoms with E-state index in [-0.39, 0.29) is 29.5 Å². The van der Waals surface area contributed by atoms with E-state index in [0.29, 0.717) is 13.2 Å². The first-order chi connectivity index (χ1) is 9.06. The van der Waals surface area contributed by atoms with Crippen LogP contribution < -0.4 is 21.5 Å². The highest BCUT2D eigenvalue weighted by Gasteiger charge is 2.13. The number of benzene rings is 1. The van der Waals surface area contributed by atoms with Gasteiger partial charge in [-0.25, -0.2) is 0 Å². The maximum atomic E-state index is 11.4. The third kappa shape index (κ3) is 4.47. The standard InChI is InChI=1S/C12H17N3O4/c1-18-6-5-15-10(16)7-19-11-8(12(14)17)3-2-4-9(11)13/h2-4H,5-7,13H2,1H3,(H2,14,17)(H,15,16). The molecule has 0 aliphatic rings. The average molecular weight is 267 g/mol. The van der Waals surface area contributed by atoms with Gasteiger partial charge in [-0.05, 0) is 12.1 Å². The summed E-state index contributed by atoms with van der Waals surface area (Å²) in [4.78, 5) is 22.6. The number of anilines is 1. The number of hydrogen-bond donors (Lipinski definition) is 3. The Balaban J connectivity index is 2.62. The van der Waals surface area contributed by atoms with Crippen LogP contribution in [0.2, 0.25) is 0 Å². The van der Waals surface area contributed by atoms with Crippen molar-refractivity contribution in [1.82, 2.24) is 5.32 Å². The fraction of sp³-hybridized carbons (Fsp3) is 0.333. The molecule has 0 fully saturated rings. The highest BCUT2D eigenvalue weighted by molar-refractivity contribution is 5.97. The highest BCUT2D eigenvalue weighted by atomic mass is 16.5. The molecule has 1 aromatic rings. The zero-order valence-corrected chi connectivity index (χ0v) is 10.6. The molecular formula is C12H17N3O4. The summed E-state index contributed by atoms with van der Waals surface area (Å²) < 4.78 is 10.0. The number of rotatable bonds is 7. The minimum atomic E-state index is -0.665. The number of nitrogen functional groups attached to an aromatic ring is 1. The van der Waals surface area contributed by atoms with E-state index in [2.05, 4.69) is 5.32 Å². The quantitative estimate of drug-likeness (QED) is 0.455. The largest absolute Gasteiger partial charge is 0.481 e. The van der Waals surface area contributed by atoms with Gasteiger partial charge < -0.3 is 26.3 Å². The summed E-state index contributed by atoms with van der Waals surface area (Å²) in [6.07, 6.45) is 0. The third-order valence-electron chi connectivity index (χ3n) is 2.29. The van der Waals surface area contributed by atoms with Crippen LogP contribution in [0.3, 0.4) is 0 Å². The second-order valence-corrected chi connectivity index (χ2v) is 3.72. The molecule has 0 spiro atoms. The number of amides is 2. The number of primary amides is 1. The van der Waals surface area contributed by atoms with Gasteiger partial charge in [0.15, 0.2) is 12.4 Å². The highest BCUT2D eigenvalue weighted by Crippen LogP contribution is 2.25. The number of carbonyl (C=O) groups excluding carboxylic acids is 2. The molecule has 0 heterocycles. The molecule has 19 heavy (non-hydrogen) atoms. The lowest BCUT2D eigenvalue weighted by Gasteiger charge is -2.12. The molecule has 104 valence electrons. The summed E-state index contributed by atoms with van der Waals surface area (Å²) in [5.74, 6) is -0.880. The fourth-order valence-corrected chi connectivity index (χ4v) is 1.39. The first-order valence-corrected chi connectivity index (χ1v) is 5.63. The summed E-state index contributed by atoms with van der Waals surface area (Å²) in [7, 11) is 1.53. The van der Waals surface area contributed by atoms with E-state index in [0.717, 1.165) is 0 Å². The van der Waals surface area contributed by atoms with Gasteiger partial charge in [0.1, 0.15) is 0 Å². The molecule has 0 aliphatic carbocycles. The molecule has 7 nitrogen and oxygen atoms in total. The first-order valence-electron chi connectivity index (χ1n) is 5.63. The van der Waals surface area contributed by atoms with Gasteiger partial charge in [-0.2, -0.15) is 0 Å². The van der Waals surface area contributed by atoms with Crippen molar-refractivity contribution in [3.05, 3.63) is 23.8 Å². The third-order valence-corrected chi connectivity index (χ3v) is 2.29. The lowest BCUT2D eigenvalue weighted by molar-refractivity contribution is -0.123. The van der Waals surface area contributed by atoms with E-state index in [4.69, 9.17) is 20.9 Å². The fourth-order valence-electron chi connectivity index (χ4n) is 1.39. The Kier molecular flexibility index (Phi) is 5.62. The van der Waals surface area contributed by atoms with Crippen LogP contribution in [0.5, 0.6) is 5.75 Å². The molecule has 2 amide bonds. The summed E-state index contributed by atoms with van der Waals surface area (Å²) in [5, 5.41) is 2.58. The van der Waals surface area contributed by atoms with Gasteiger partial charge in [-0.1, -0.05) is 6.07 Å². The van der Waals surface area contributed by atoms with Crippen molar-refractivity contribution in [3.8, 4) is 5.75 Å². The van der Waals surface area contributed by atoms with Crippen molar-refractivity contribution < 1.29 is 19.1 Å². The van der Waals surface area contributed by atoms with Crippen molar-refractivity contribution in [3.63, 3.8) is 0 Å². The number of nitrogens with one attached hydrogen (secondary N) is 1. The molecule has 0 radical (unpaired) electrons. The Labute approximate surface area is 110 Å². The van der Waals surface area contributed by atoms with Crippen LogP contribution >= 0.6 is 0 Å². The second-order valence-electron chi connectivity index (χ2n) is 3.72. The van der Waals surface area contributed by atoms with E-state index in [1.54, 1.807) is 12.1 Å². The Morgan fingerprint density at radius 1 is 1.37 bits per heavy atom. The maximum Gasteiger partial charge on any atom is 0.258 e. The van der Waals surface area contributed by atoms with Crippen molar-refractivity contribution >= 4 is 17.5 Å². The Hall–Kier alpha value is -2.28. The van der Waals surface area contributed by atoms with Crippen LogP contribution in [-0.2, 0) is 9.53 Å². The van der Waals surface area contributed by atoms with Crippen molar-refractivity contribution in [2.75, 3.05) is 32.6 Å². The van der Waals surface area contributed by atoms with Gasteiger partial charge in [0.05, 0.1) is 17.9 Å². The monoisotopic (exact) mass is 267 g/mol. The second kappa shape index (κ2) is 7.22. The number of hydrogen-bond acceptors (Lipinski definition) is 5.